The lowest BCUT2D eigenvalue weighted by Gasteiger charge is -2.15. The van der Waals surface area contributed by atoms with Gasteiger partial charge in [0.05, 0.1) is 11.0 Å². The van der Waals surface area contributed by atoms with Crippen LogP contribution in [0.1, 0.15) is 19.7 Å². The molecule has 0 unspecified atom stereocenters. The van der Waals surface area contributed by atoms with Crippen LogP contribution in [0, 0.1) is 0 Å². The zero-order valence-electron chi connectivity index (χ0n) is 8.84. The fraction of sp³-hybridized carbons (Fsp3) is 0.364. The number of benzene rings is 1. The molecule has 2 aromatic rings. The summed E-state index contributed by atoms with van der Waals surface area (Å²) >= 11 is 5.89. The van der Waals surface area contributed by atoms with Crippen molar-refractivity contribution in [1.29, 1.82) is 0 Å². The summed E-state index contributed by atoms with van der Waals surface area (Å²) in [4.78, 5) is 7.66. The van der Waals surface area contributed by atoms with Crippen LogP contribution in [0.3, 0.4) is 0 Å². The second-order valence-corrected chi connectivity index (χ2v) is 4.95. The molecule has 0 aliphatic carbocycles. The molecule has 1 aromatic heterocycles. The molecule has 0 spiro atoms. The van der Waals surface area contributed by atoms with Gasteiger partial charge in [0.2, 0.25) is 0 Å². The van der Waals surface area contributed by atoms with Crippen molar-refractivity contribution >= 4 is 22.6 Å². The standard InChI is InChI=1S/C11H14ClN3/c1-11(2,13)6-10-14-8-4-3-7(12)5-9(8)15-10/h3-5H,6,13H2,1-2H3,(H,14,15). The summed E-state index contributed by atoms with van der Waals surface area (Å²) in [6.45, 7) is 3.96. The van der Waals surface area contributed by atoms with Gasteiger partial charge < -0.3 is 10.7 Å². The maximum Gasteiger partial charge on any atom is 0.109 e. The largest absolute Gasteiger partial charge is 0.342 e. The minimum atomic E-state index is -0.252. The Hall–Kier alpha value is -1.06. The highest BCUT2D eigenvalue weighted by Gasteiger charge is 2.14. The van der Waals surface area contributed by atoms with Crippen molar-refractivity contribution in [2.45, 2.75) is 25.8 Å². The first-order valence-corrected chi connectivity index (χ1v) is 5.25. The second-order valence-electron chi connectivity index (χ2n) is 4.51. The number of nitrogens with one attached hydrogen (secondary N) is 1. The monoisotopic (exact) mass is 223 g/mol. The summed E-state index contributed by atoms with van der Waals surface area (Å²) in [6.07, 6.45) is 0.722. The van der Waals surface area contributed by atoms with E-state index >= 15 is 0 Å². The molecule has 0 bridgehead atoms. The molecule has 1 heterocycles. The number of halogens is 1. The van der Waals surface area contributed by atoms with E-state index in [9.17, 15) is 0 Å². The van der Waals surface area contributed by atoms with Crippen LogP contribution >= 0.6 is 11.6 Å². The van der Waals surface area contributed by atoms with E-state index in [1.807, 2.05) is 32.0 Å². The summed E-state index contributed by atoms with van der Waals surface area (Å²) in [5.41, 5.74) is 7.57. The minimum absolute atomic E-state index is 0.252. The number of rotatable bonds is 2. The highest BCUT2D eigenvalue weighted by Crippen LogP contribution is 2.18. The summed E-state index contributed by atoms with van der Waals surface area (Å²) in [7, 11) is 0. The zero-order chi connectivity index (χ0) is 11.1. The molecule has 3 N–H and O–H groups in total. The molecule has 0 atom stereocenters. The van der Waals surface area contributed by atoms with Crippen molar-refractivity contribution in [2.75, 3.05) is 0 Å². The first-order valence-electron chi connectivity index (χ1n) is 4.87. The first kappa shape index (κ1) is 10.5. The van der Waals surface area contributed by atoms with Crippen molar-refractivity contribution in [1.82, 2.24) is 9.97 Å². The van der Waals surface area contributed by atoms with E-state index in [1.54, 1.807) is 0 Å². The molecule has 0 amide bonds. The fourth-order valence-electron chi connectivity index (χ4n) is 1.55. The lowest BCUT2D eigenvalue weighted by molar-refractivity contribution is 0.505. The molecular weight excluding hydrogens is 210 g/mol. The number of imidazole rings is 1. The third-order valence-electron chi connectivity index (χ3n) is 2.12. The van der Waals surface area contributed by atoms with Gasteiger partial charge in [0.25, 0.3) is 0 Å². The number of nitrogens with two attached hydrogens (primary N) is 1. The molecule has 15 heavy (non-hydrogen) atoms. The maximum absolute atomic E-state index is 5.93. The quantitative estimate of drug-likeness (QED) is 0.822. The molecule has 4 heteroatoms. The average Bonchev–Trinajstić information content (AvgIpc) is 2.42. The van der Waals surface area contributed by atoms with Crippen molar-refractivity contribution in [3.05, 3.63) is 29.0 Å². The normalized spacial score (nSPS) is 12.3. The summed E-state index contributed by atoms with van der Waals surface area (Å²) in [5.74, 6) is 0.903. The summed E-state index contributed by atoms with van der Waals surface area (Å²) < 4.78 is 0. The highest BCUT2D eigenvalue weighted by atomic mass is 35.5. The van der Waals surface area contributed by atoms with E-state index in [0.717, 1.165) is 23.3 Å². The van der Waals surface area contributed by atoms with Gasteiger partial charge in [-0.05, 0) is 32.0 Å². The molecule has 3 nitrogen and oxygen atoms in total. The van der Waals surface area contributed by atoms with Crippen molar-refractivity contribution in [3.8, 4) is 0 Å². The summed E-state index contributed by atoms with van der Waals surface area (Å²) in [6, 6.07) is 5.61. The van der Waals surface area contributed by atoms with Gasteiger partial charge in [-0.3, -0.25) is 0 Å². The Morgan fingerprint density at radius 3 is 2.87 bits per heavy atom. The Bertz CT molecular complexity index is 482. The van der Waals surface area contributed by atoms with Crippen LogP contribution in [0.25, 0.3) is 11.0 Å². The lowest BCUT2D eigenvalue weighted by atomic mass is 10.0. The number of H-pyrrole nitrogens is 1. The Morgan fingerprint density at radius 1 is 1.47 bits per heavy atom. The van der Waals surface area contributed by atoms with Crippen molar-refractivity contribution in [3.63, 3.8) is 0 Å². The van der Waals surface area contributed by atoms with E-state index < -0.39 is 0 Å². The van der Waals surface area contributed by atoms with Gasteiger partial charge in [0, 0.05) is 17.0 Å². The van der Waals surface area contributed by atoms with Crippen LogP contribution < -0.4 is 5.73 Å². The van der Waals surface area contributed by atoms with Crippen LogP contribution in [0.5, 0.6) is 0 Å². The van der Waals surface area contributed by atoms with E-state index in [0.29, 0.717) is 5.02 Å². The molecule has 0 fully saturated rings. The van der Waals surface area contributed by atoms with Gasteiger partial charge in [0.1, 0.15) is 5.82 Å². The third kappa shape index (κ3) is 2.49. The molecule has 80 valence electrons. The lowest BCUT2D eigenvalue weighted by Crippen LogP contribution is -2.34. The number of aromatic nitrogens is 2. The van der Waals surface area contributed by atoms with Crippen LogP contribution in [-0.4, -0.2) is 15.5 Å². The van der Waals surface area contributed by atoms with E-state index in [4.69, 9.17) is 17.3 Å². The predicted molar refractivity (Wildman–Crippen MR) is 63.1 cm³/mol. The van der Waals surface area contributed by atoms with E-state index in [-0.39, 0.29) is 5.54 Å². The molecule has 0 aliphatic rings. The smallest absolute Gasteiger partial charge is 0.109 e. The molecule has 0 saturated heterocycles. The third-order valence-corrected chi connectivity index (χ3v) is 2.35. The Kier molecular flexibility index (Phi) is 2.44. The van der Waals surface area contributed by atoms with E-state index in [2.05, 4.69) is 9.97 Å². The van der Waals surface area contributed by atoms with Gasteiger partial charge in [0.15, 0.2) is 0 Å². The number of aromatic amines is 1. The topological polar surface area (TPSA) is 54.7 Å². The Labute approximate surface area is 93.6 Å². The minimum Gasteiger partial charge on any atom is -0.342 e. The van der Waals surface area contributed by atoms with Crippen LogP contribution in [0.4, 0.5) is 0 Å². The highest BCUT2D eigenvalue weighted by molar-refractivity contribution is 6.31. The predicted octanol–water partition coefficient (Wildman–Crippen LogP) is 2.50. The van der Waals surface area contributed by atoms with Gasteiger partial charge in [-0.2, -0.15) is 0 Å². The second kappa shape index (κ2) is 3.51. The van der Waals surface area contributed by atoms with Gasteiger partial charge in [-0.15, -0.1) is 0 Å². The number of nitrogens with zero attached hydrogens (tertiary/aromatic N) is 1. The van der Waals surface area contributed by atoms with Gasteiger partial charge >= 0.3 is 0 Å². The van der Waals surface area contributed by atoms with Crippen LogP contribution in [-0.2, 0) is 6.42 Å². The Balaban J connectivity index is 2.39. The fourth-order valence-corrected chi connectivity index (χ4v) is 1.72. The van der Waals surface area contributed by atoms with Crippen molar-refractivity contribution < 1.29 is 0 Å². The molecular formula is C11H14ClN3. The SMILES string of the molecule is CC(C)(N)Cc1nc2ccc(Cl)cc2[nH]1. The van der Waals surface area contributed by atoms with E-state index in [1.165, 1.54) is 0 Å². The maximum atomic E-state index is 5.93. The van der Waals surface area contributed by atoms with Crippen molar-refractivity contribution in [2.24, 2.45) is 5.73 Å². The Morgan fingerprint density at radius 2 is 2.20 bits per heavy atom. The molecule has 0 aliphatic heterocycles. The number of hydrogen-bond donors (Lipinski definition) is 2. The van der Waals surface area contributed by atoms with Gasteiger partial charge in [-0.1, -0.05) is 11.6 Å². The van der Waals surface area contributed by atoms with Gasteiger partial charge in [-0.25, -0.2) is 4.98 Å². The molecule has 0 saturated carbocycles. The first-order chi connectivity index (χ1) is 6.94. The molecule has 0 radical (unpaired) electrons. The summed E-state index contributed by atoms with van der Waals surface area (Å²) in [5, 5.41) is 0.713. The van der Waals surface area contributed by atoms with Crippen LogP contribution in [0.15, 0.2) is 18.2 Å². The van der Waals surface area contributed by atoms with Crippen LogP contribution in [0.2, 0.25) is 5.02 Å². The zero-order valence-corrected chi connectivity index (χ0v) is 9.60. The molecule has 1 aromatic carbocycles. The average molecular weight is 224 g/mol. The molecule has 2 rings (SSSR count). The number of hydrogen-bond acceptors (Lipinski definition) is 2. The number of fused-ring (bicyclic) bond motifs is 1.